The van der Waals surface area contributed by atoms with Crippen LogP contribution < -0.4 is 11.1 Å². The number of nitrogens with one attached hydrogen (secondary N) is 2. The summed E-state index contributed by atoms with van der Waals surface area (Å²) < 4.78 is 45.4. The van der Waals surface area contributed by atoms with E-state index in [-0.39, 0.29) is 30.1 Å². The molecule has 228 valence electrons. The van der Waals surface area contributed by atoms with E-state index in [4.69, 9.17) is 9.51 Å². The highest BCUT2D eigenvalue weighted by molar-refractivity contribution is 7.17. The molecule has 2 N–H and O–H groups in total. The largest absolute Gasteiger partial charge is 0.439 e. The Balaban J connectivity index is 1.31. The first kappa shape index (κ1) is 28.7. The minimum absolute atomic E-state index is 0.0258. The summed E-state index contributed by atoms with van der Waals surface area (Å²) in [7, 11) is 0. The Bertz CT molecular complexity index is 2020. The second kappa shape index (κ2) is 11.5. The molecule has 1 atom stereocenters. The van der Waals surface area contributed by atoms with Crippen LogP contribution in [0.5, 0.6) is 0 Å². The number of aryl methyl sites for hydroxylation is 2. The van der Waals surface area contributed by atoms with Crippen molar-refractivity contribution in [3.8, 4) is 21.8 Å². The number of carbonyl (C=O) groups excluding carboxylic acids is 2. The molecule has 0 spiro atoms. The van der Waals surface area contributed by atoms with Gasteiger partial charge in [-0.3, -0.25) is 24.1 Å². The lowest BCUT2D eigenvalue weighted by Crippen LogP contribution is -2.23. The van der Waals surface area contributed by atoms with Gasteiger partial charge in [0.25, 0.3) is 11.8 Å². The van der Waals surface area contributed by atoms with Crippen LogP contribution in [-0.4, -0.2) is 38.4 Å². The topological polar surface area (TPSA) is 121 Å². The molecule has 0 bridgehead atoms. The number of hydrogen-bond donors (Lipinski definition) is 2. The van der Waals surface area contributed by atoms with E-state index >= 15 is 0 Å². The Morgan fingerprint density at radius 2 is 1.78 bits per heavy atom. The van der Waals surface area contributed by atoms with E-state index in [0.717, 1.165) is 41.9 Å². The molecule has 0 radical (unpaired) electrons. The van der Waals surface area contributed by atoms with Crippen LogP contribution in [0.4, 0.5) is 13.2 Å². The maximum Gasteiger partial charge on any atom is 0.439 e. The molecule has 5 aromatic rings. The van der Waals surface area contributed by atoms with Gasteiger partial charge in [-0.15, -0.1) is 11.3 Å². The number of aromatic nitrogens is 3. The van der Waals surface area contributed by atoms with Crippen LogP contribution in [0, 0.1) is 17.5 Å². The first-order valence-electron chi connectivity index (χ1n) is 14.3. The highest BCUT2D eigenvalue weighted by Gasteiger charge is 2.44. The third-order valence-electron chi connectivity index (χ3n) is 8.10. The lowest BCUT2D eigenvalue weighted by Gasteiger charge is -2.16. The molecule has 2 aliphatic rings. The van der Waals surface area contributed by atoms with Crippen LogP contribution in [-0.2, 0) is 19.4 Å². The molecular weight excluding hydrogens is 607 g/mol. The number of aromatic amines is 1. The van der Waals surface area contributed by atoms with Gasteiger partial charge in [0.2, 0.25) is 0 Å². The fraction of sp³-hybridized carbons (Fsp3) is 0.219. The summed E-state index contributed by atoms with van der Waals surface area (Å²) in [5, 5.41) is 6.67. The number of H-pyrrole nitrogens is 1. The van der Waals surface area contributed by atoms with Gasteiger partial charge in [-0.2, -0.15) is 0 Å². The Labute approximate surface area is 257 Å². The molecule has 1 fully saturated rings. The van der Waals surface area contributed by atoms with Crippen LogP contribution in [0.2, 0.25) is 0 Å². The number of nitrogens with zero attached hydrogens (tertiary/aromatic N) is 3. The molecule has 2 amide bonds. The Hall–Kier alpha value is -5.04. The first-order chi connectivity index (χ1) is 21.8. The summed E-state index contributed by atoms with van der Waals surface area (Å²) in [6.07, 6.45) is 2.47. The second-order valence-corrected chi connectivity index (χ2v) is 12.0. The van der Waals surface area contributed by atoms with Crippen LogP contribution in [0.1, 0.15) is 61.4 Å². The molecule has 45 heavy (non-hydrogen) atoms. The van der Waals surface area contributed by atoms with Crippen LogP contribution in [0.25, 0.3) is 21.8 Å². The van der Waals surface area contributed by atoms with Crippen molar-refractivity contribution >= 4 is 23.2 Å². The number of pyridine rings is 1. The quantitative estimate of drug-likeness (QED) is 0.231. The van der Waals surface area contributed by atoms with Crippen LogP contribution in [0.15, 0.2) is 63.9 Å². The van der Waals surface area contributed by atoms with Crippen molar-refractivity contribution < 1.29 is 27.3 Å². The Morgan fingerprint density at radius 3 is 2.53 bits per heavy atom. The lowest BCUT2D eigenvalue weighted by atomic mass is 9.93. The molecule has 0 aliphatic carbocycles. The van der Waals surface area contributed by atoms with Gasteiger partial charge in [-0.05, 0) is 73.2 Å². The maximum atomic E-state index is 13.8. The van der Waals surface area contributed by atoms with Crippen molar-refractivity contribution in [1.29, 1.82) is 0 Å². The van der Waals surface area contributed by atoms with Gasteiger partial charge in [-0.1, -0.05) is 23.4 Å². The highest BCUT2D eigenvalue weighted by Crippen LogP contribution is 2.48. The third kappa shape index (κ3) is 5.33. The normalized spacial score (nSPS) is 15.4. The van der Waals surface area contributed by atoms with Crippen molar-refractivity contribution in [2.24, 2.45) is 0 Å². The lowest BCUT2D eigenvalue weighted by molar-refractivity contribution is 0.0776. The number of fused-ring (bicyclic) bond motifs is 3. The number of thiophene rings is 1. The predicted octanol–water partition coefficient (Wildman–Crippen LogP) is 5.58. The third-order valence-corrected chi connectivity index (χ3v) is 9.20. The summed E-state index contributed by atoms with van der Waals surface area (Å²) >= 11 is 1.13. The van der Waals surface area contributed by atoms with E-state index in [1.54, 1.807) is 29.2 Å². The number of carbonyl (C=O) groups is 2. The minimum Gasteiger partial charge on any atom is -0.347 e. The highest BCUT2D eigenvalue weighted by atomic mass is 32.1. The molecular formula is C32H24F3N5O4S. The SMILES string of the molecule is O=C(NCc1ccc(F)c(F)c1)c1ccc(-c2c3c(nc(CCc4ccc(F)cc4)c2-c2noc(=O)[nH]2)[C@H]2CCCN2C3=O)s1. The average Bonchev–Trinajstić information content (AvgIpc) is 3.84. The van der Waals surface area contributed by atoms with Gasteiger partial charge in [0.15, 0.2) is 17.5 Å². The molecule has 9 nitrogen and oxygen atoms in total. The van der Waals surface area contributed by atoms with E-state index in [2.05, 4.69) is 15.5 Å². The molecule has 13 heteroatoms. The van der Waals surface area contributed by atoms with Gasteiger partial charge < -0.3 is 10.2 Å². The number of amides is 2. The minimum atomic E-state index is -1.01. The van der Waals surface area contributed by atoms with Crippen molar-refractivity contribution in [1.82, 2.24) is 25.3 Å². The van der Waals surface area contributed by atoms with Crippen LogP contribution in [0.3, 0.4) is 0 Å². The summed E-state index contributed by atoms with van der Waals surface area (Å²) in [4.78, 5) is 49.3. The fourth-order valence-corrected chi connectivity index (χ4v) is 6.98. The zero-order valence-corrected chi connectivity index (χ0v) is 24.3. The zero-order valence-electron chi connectivity index (χ0n) is 23.5. The molecule has 1 saturated heterocycles. The van der Waals surface area contributed by atoms with E-state index in [9.17, 15) is 27.6 Å². The number of benzene rings is 2. The van der Waals surface area contributed by atoms with E-state index < -0.39 is 23.3 Å². The monoisotopic (exact) mass is 631 g/mol. The number of rotatable bonds is 8. The average molecular weight is 632 g/mol. The summed E-state index contributed by atoms with van der Waals surface area (Å²) in [5.41, 5.74) is 3.75. The second-order valence-electron chi connectivity index (χ2n) is 10.9. The fourth-order valence-electron chi connectivity index (χ4n) is 6.00. The van der Waals surface area contributed by atoms with Gasteiger partial charge in [0.1, 0.15) is 5.82 Å². The number of hydrogen-bond acceptors (Lipinski definition) is 7. The molecule has 7 rings (SSSR count). The van der Waals surface area contributed by atoms with Gasteiger partial charge in [0.05, 0.1) is 33.4 Å². The molecule has 2 aliphatic heterocycles. The van der Waals surface area contributed by atoms with E-state index in [1.165, 1.54) is 18.2 Å². The molecule has 0 saturated carbocycles. The van der Waals surface area contributed by atoms with Gasteiger partial charge >= 0.3 is 5.76 Å². The first-order valence-corrected chi connectivity index (χ1v) is 15.1. The molecule has 3 aromatic heterocycles. The van der Waals surface area contributed by atoms with Crippen LogP contribution >= 0.6 is 11.3 Å². The van der Waals surface area contributed by atoms with Crippen molar-refractivity contribution in [2.45, 2.75) is 38.3 Å². The maximum absolute atomic E-state index is 13.8. The predicted molar refractivity (Wildman–Crippen MR) is 158 cm³/mol. The smallest absolute Gasteiger partial charge is 0.347 e. The molecule has 0 unspecified atom stereocenters. The van der Waals surface area contributed by atoms with Gasteiger partial charge in [0, 0.05) is 23.5 Å². The molecule has 2 aromatic carbocycles. The summed E-state index contributed by atoms with van der Waals surface area (Å²) in [6, 6.07) is 12.7. The molecule has 5 heterocycles. The van der Waals surface area contributed by atoms with Crippen molar-refractivity contribution in [2.75, 3.05) is 6.54 Å². The van der Waals surface area contributed by atoms with E-state index in [0.29, 0.717) is 62.8 Å². The summed E-state index contributed by atoms with van der Waals surface area (Å²) in [5.74, 6) is -3.65. The standard InChI is InChI=1S/C32H24F3N5O4S/c33-18-7-3-16(4-8-18)6-10-21-25(29-38-32(43)44-39-29)26(27-28(37-21)22-2-1-13-40(22)31(27)42)23-11-12-24(45-23)30(41)36-15-17-5-9-19(34)20(35)14-17/h3-5,7-9,11-12,14,22H,1-2,6,10,13,15H2,(H,36,41)(H,38,39,43)/t22-/m1/s1. The zero-order chi connectivity index (χ0) is 31.2. The van der Waals surface area contributed by atoms with Crippen molar-refractivity contribution in [3.05, 3.63) is 116 Å². The van der Waals surface area contributed by atoms with E-state index in [1.807, 2.05) is 0 Å². The Kier molecular flexibility index (Phi) is 7.32. The Morgan fingerprint density at radius 1 is 0.978 bits per heavy atom. The number of halogens is 3. The van der Waals surface area contributed by atoms with Gasteiger partial charge in [-0.25, -0.2) is 18.0 Å². The summed E-state index contributed by atoms with van der Waals surface area (Å²) in [6.45, 7) is 0.560. The van der Waals surface area contributed by atoms with Crippen molar-refractivity contribution in [3.63, 3.8) is 0 Å².